The summed E-state index contributed by atoms with van der Waals surface area (Å²) in [6, 6.07) is 0.490. The Morgan fingerprint density at radius 1 is 1.62 bits per heavy atom. The first-order chi connectivity index (χ1) is 6.22. The number of hydrogen-bond donors (Lipinski definition) is 1. The molecule has 0 amide bonds. The van der Waals surface area contributed by atoms with Crippen LogP contribution in [-0.4, -0.2) is 23.8 Å². The molecule has 0 saturated carbocycles. The Kier molecular flexibility index (Phi) is 4.36. The van der Waals surface area contributed by atoms with Crippen molar-refractivity contribution in [3.05, 3.63) is 11.8 Å². The number of carbonyl (C=O) groups excluding carboxylic acids is 1. The molecule has 13 heavy (non-hydrogen) atoms. The average molecular weight is 199 g/mol. The van der Waals surface area contributed by atoms with E-state index in [0.29, 0.717) is 12.5 Å². The minimum atomic E-state index is 0.263. The summed E-state index contributed by atoms with van der Waals surface area (Å²) in [6.07, 6.45) is 6.62. The van der Waals surface area contributed by atoms with Crippen LogP contribution >= 0.6 is 11.8 Å². The first-order valence-electron chi connectivity index (χ1n) is 4.71. The van der Waals surface area contributed by atoms with Gasteiger partial charge in [-0.05, 0) is 31.8 Å². The molecule has 0 saturated heterocycles. The van der Waals surface area contributed by atoms with E-state index in [1.807, 2.05) is 11.8 Å². The minimum absolute atomic E-state index is 0.263. The SMILES string of the molecule is CSCCC(C)NC1=CC(=O)CC1. The highest BCUT2D eigenvalue weighted by molar-refractivity contribution is 7.98. The number of hydrogen-bond acceptors (Lipinski definition) is 3. The summed E-state index contributed by atoms with van der Waals surface area (Å²) in [4.78, 5) is 10.9. The maximum absolute atomic E-state index is 10.9. The number of thioether (sulfide) groups is 1. The van der Waals surface area contributed by atoms with Crippen molar-refractivity contribution >= 4 is 17.5 Å². The molecule has 0 aromatic rings. The predicted octanol–water partition coefficient (Wildman–Crippen LogP) is 1.96. The average Bonchev–Trinajstić information content (AvgIpc) is 2.48. The molecular formula is C10H17NOS. The molecule has 3 heteroatoms. The van der Waals surface area contributed by atoms with Crippen LogP contribution in [0.1, 0.15) is 26.2 Å². The minimum Gasteiger partial charge on any atom is -0.386 e. The highest BCUT2D eigenvalue weighted by atomic mass is 32.2. The van der Waals surface area contributed by atoms with Gasteiger partial charge in [0, 0.05) is 24.2 Å². The summed E-state index contributed by atoms with van der Waals surface area (Å²) < 4.78 is 0. The van der Waals surface area contributed by atoms with Crippen LogP contribution in [0.4, 0.5) is 0 Å². The molecule has 0 aromatic carbocycles. The predicted molar refractivity (Wildman–Crippen MR) is 57.9 cm³/mol. The van der Waals surface area contributed by atoms with Gasteiger partial charge < -0.3 is 5.32 Å². The van der Waals surface area contributed by atoms with Crippen molar-refractivity contribution in [2.45, 2.75) is 32.2 Å². The van der Waals surface area contributed by atoms with Gasteiger partial charge in [0.25, 0.3) is 0 Å². The molecule has 1 atom stereocenters. The van der Waals surface area contributed by atoms with Gasteiger partial charge in [-0.2, -0.15) is 11.8 Å². The zero-order chi connectivity index (χ0) is 9.68. The highest BCUT2D eigenvalue weighted by Gasteiger charge is 2.12. The molecule has 0 aliphatic heterocycles. The van der Waals surface area contributed by atoms with E-state index in [9.17, 15) is 4.79 Å². The van der Waals surface area contributed by atoms with Crippen LogP contribution in [-0.2, 0) is 4.79 Å². The molecule has 1 aliphatic rings. The van der Waals surface area contributed by atoms with Gasteiger partial charge in [0.05, 0.1) is 0 Å². The summed E-state index contributed by atoms with van der Waals surface area (Å²) >= 11 is 1.86. The van der Waals surface area contributed by atoms with E-state index in [1.54, 1.807) is 6.08 Å². The quantitative estimate of drug-likeness (QED) is 0.734. The zero-order valence-corrected chi connectivity index (χ0v) is 9.12. The van der Waals surface area contributed by atoms with Crippen LogP contribution < -0.4 is 5.32 Å². The molecule has 0 heterocycles. The van der Waals surface area contributed by atoms with Crippen molar-refractivity contribution in [3.63, 3.8) is 0 Å². The zero-order valence-electron chi connectivity index (χ0n) is 8.30. The fraction of sp³-hybridized carbons (Fsp3) is 0.700. The van der Waals surface area contributed by atoms with Gasteiger partial charge >= 0.3 is 0 Å². The third kappa shape index (κ3) is 3.85. The second-order valence-corrected chi connectivity index (χ2v) is 4.45. The second-order valence-electron chi connectivity index (χ2n) is 3.46. The molecule has 1 unspecified atom stereocenters. The Morgan fingerprint density at radius 2 is 2.38 bits per heavy atom. The first kappa shape index (κ1) is 10.6. The van der Waals surface area contributed by atoms with E-state index >= 15 is 0 Å². The molecular weight excluding hydrogens is 182 g/mol. The first-order valence-corrected chi connectivity index (χ1v) is 6.10. The fourth-order valence-corrected chi connectivity index (χ4v) is 1.98. The molecule has 0 spiro atoms. The van der Waals surface area contributed by atoms with Crippen molar-refractivity contribution < 1.29 is 4.79 Å². The lowest BCUT2D eigenvalue weighted by atomic mass is 10.2. The Hall–Kier alpha value is -0.440. The maximum atomic E-state index is 10.9. The molecule has 1 N–H and O–H groups in total. The fourth-order valence-electron chi connectivity index (χ4n) is 1.39. The van der Waals surface area contributed by atoms with Gasteiger partial charge in [-0.15, -0.1) is 0 Å². The smallest absolute Gasteiger partial charge is 0.157 e. The Labute approximate surface area is 84.2 Å². The molecule has 1 aliphatic carbocycles. The lowest BCUT2D eigenvalue weighted by molar-refractivity contribution is -0.114. The van der Waals surface area contributed by atoms with Crippen LogP contribution in [0.15, 0.2) is 11.8 Å². The Morgan fingerprint density at radius 3 is 2.92 bits per heavy atom. The van der Waals surface area contributed by atoms with E-state index < -0.39 is 0 Å². The number of allylic oxidation sites excluding steroid dienone is 2. The lowest BCUT2D eigenvalue weighted by Crippen LogP contribution is -2.25. The summed E-state index contributed by atoms with van der Waals surface area (Å²) in [6.45, 7) is 2.17. The molecule has 0 bridgehead atoms. The molecule has 2 nitrogen and oxygen atoms in total. The molecule has 0 aromatic heterocycles. The van der Waals surface area contributed by atoms with Gasteiger partial charge in [0.15, 0.2) is 5.78 Å². The van der Waals surface area contributed by atoms with E-state index in [-0.39, 0.29) is 5.78 Å². The number of nitrogens with one attached hydrogen (secondary N) is 1. The topological polar surface area (TPSA) is 29.1 Å². The van der Waals surface area contributed by atoms with E-state index in [4.69, 9.17) is 0 Å². The van der Waals surface area contributed by atoms with E-state index in [2.05, 4.69) is 18.5 Å². The number of carbonyl (C=O) groups is 1. The summed E-state index contributed by atoms with van der Waals surface area (Å²) in [5.41, 5.74) is 1.12. The molecule has 0 radical (unpaired) electrons. The van der Waals surface area contributed by atoms with Crippen LogP contribution in [0.2, 0.25) is 0 Å². The number of ketones is 1. The standard InChI is InChI=1S/C10H17NOS/c1-8(5-6-13-2)11-9-3-4-10(12)7-9/h7-8,11H,3-6H2,1-2H3. The van der Waals surface area contributed by atoms with Crippen molar-refractivity contribution in [2.75, 3.05) is 12.0 Å². The molecule has 1 rings (SSSR count). The van der Waals surface area contributed by atoms with Gasteiger partial charge in [0.1, 0.15) is 0 Å². The normalized spacial score (nSPS) is 18.6. The Bertz CT molecular complexity index is 213. The molecule has 74 valence electrons. The van der Waals surface area contributed by atoms with Crippen LogP contribution in [0.25, 0.3) is 0 Å². The van der Waals surface area contributed by atoms with Gasteiger partial charge in [-0.3, -0.25) is 4.79 Å². The molecule has 0 fully saturated rings. The van der Waals surface area contributed by atoms with Gasteiger partial charge in [0.2, 0.25) is 0 Å². The highest BCUT2D eigenvalue weighted by Crippen LogP contribution is 2.13. The van der Waals surface area contributed by atoms with Crippen molar-refractivity contribution in [1.82, 2.24) is 5.32 Å². The summed E-state index contributed by atoms with van der Waals surface area (Å²) in [5, 5.41) is 3.37. The Balaban J connectivity index is 2.24. The van der Waals surface area contributed by atoms with Crippen LogP contribution in [0, 0.1) is 0 Å². The van der Waals surface area contributed by atoms with Crippen LogP contribution in [0.3, 0.4) is 0 Å². The largest absolute Gasteiger partial charge is 0.386 e. The van der Waals surface area contributed by atoms with Crippen molar-refractivity contribution in [2.24, 2.45) is 0 Å². The lowest BCUT2D eigenvalue weighted by Gasteiger charge is -2.14. The summed E-state index contributed by atoms with van der Waals surface area (Å²) in [5.74, 6) is 1.44. The second kappa shape index (κ2) is 5.32. The van der Waals surface area contributed by atoms with Gasteiger partial charge in [-0.1, -0.05) is 0 Å². The summed E-state index contributed by atoms with van der Waals surface area (Å²) in [7, 11) is 0. The van der Waals surface area contributed by atoms with Crippen molar-refractivity contribution in [3.8, 4) is 0 Å². The van der Waals surface area contributed by atoms with Crippen LogP contribution in [0.5, 0.6) is 0 Å². The third-order valence-corrected chi connectivity index (χ3v) is 2.81. The van der Waals surface area contributed by atoms with Crippen molar-refractivity contribution in [1.29, 1.82) is 0 Å². The monoisotopic (exact) mass is 199 g/mol. The maximum Gasteiger partial charge on any atom is 0.157 e. The van der Waals surface area contributed by atoms with E-state index in [0.717, 1.165) is 18.5 Å². The van der Waals surface area contributed by atoms with E-state index in [1.165, 1.54) is 5.75 Å². The van der Waals surface area contributed by atoms with Gasteiger partial charge in [-0.25, -0.2) is 0 Å². The third-order valence-electron chi connectivity index (χ3n) is 2.16. The number of rotatable bonds is 5.